The summed E-state index contributed by atoms with van der Waals surface area (Å²) in [5.41, 5.74) is 0. The first kappa shape index (κ1) is 11.0. The van der Waals surface area contributed by atoms with Crippen molar-refractivity contribution in [3.63, 3.8) is 0 Å². The summed E-state index contributed by atoms with van der Waals surface area (Å²) in [6.07, 6.45) is 0.462. The molecule has 0 aliphatic carbocycles. The molecule has 0 spiro atoms. The van der Waals surface area contributed by atoms with Crippen LogP contribution in [0.5, 0.6) is 0 Å². The lowest BCUT2D eigenvalue weighted by atomic mass is 10.4. The summed E-state index contributed by atoms with van der Waals surface area (Å²) in [5, 5.41) is 1.03. The Labute approximate surface area is 96.9 Å². The normalized spacial score (nSPS) is 25.9. The van der Waals surface area contributed by atoms with Crippen molar-refractivity contribution >= 4 is 39.7 Å². The highest BCUT2D eigenvalue weighted by Gasteiger charge is 2.34. The molecule has 2 rings (SSSR count). The number of likely N-dealkylation sites (tertiary alicyclic amines) is 1. The molecule has 15 heavy (non-hydrogen) atoms. The van der Waals surface area contributed by atoms with Gasteiger partial charge < -0.3 is 0 Å². The second-order valence-electron chi connectivity index (χ2n) is 3.45. The van der Waals surface area contributed by atoms with Crippen LogP contribution in [-0.4, -0.2) is 45.2 Å². The number of carbonyl (C=O) groups is 2. The molecule has 0 saturated carbocycles. The summed E-state index contributed by atoms with van der Waals surface area (Å²) < 4.78 is 0. The molecule has 2 heterocycles. The maximum Gasteiger partial charge on any atom is 0.229 e. The Bertz CT molecular complexity index is 330. The molecule has 4 nitrogen and oxygen atoms in total. The van der Waals surface area contributed by atoms with E-state index in [0.29, 0.717) is 13.0 Å². The molecule has 82 valence electrons. The Hall–Kier alpha value is -0.490. The third-order valence-corrected chi connectivity index (χ3v) is 4.20. The SMILES string of the molecule is CC(=O)SC1CC(=O)N(C2=NCCS2)C1. The fraction of sp³-hybridized carbons (Fsp3) is 0.667. The van der Waals surface area contributed by atoms with Gasteiger partial charge in [-0.3, -0.25) is 19.5 Å². The van der Waals surface area contributed by atoms with Crippen molar-refractivity contribution in [1.29, 1.82) is 0 Å². The highest BCUT2D eigenvalue weighted by molar-refractivity contribution is 8.14. The van der Waals surface area contributed by atoms with Crippen molar-refractivity contribution in [2.75, 3.05) is 18.8 Å². The standard InChI is InChI=1S/C9H12N2O2S2/c1-6(12)15-7-4-8(13)11(5-7)9-10-2-3-14-9/h7H,2-5H2,1H3. The maximum atomic E-state index is 11.7. The molecule has 1 fully saturated rings. The monoisotopic (exact) mass is 244 g/mol. The van der Waals surface area contributed by atoms with Crippen molar-refractivity contribution in [3.8, 4) is 0 Å². The summed E-state index contributed by atoms with van der Waals surface area (Å²) >= 11 is 2.89. The zero-order valence-electron chi connectivity index (χ0n) is 8.43. The van der Waals surface area contributed by atoms with E-state index in [1.807, 2.05) is 0 Å². The lowest BCUT2D eigenvalue weighted by Gasteiger charge is -2.14. The molecule has 2 aliphatic rings. The van der Waals surface area contributed by atoms with Crippen LogP contribution < -0.4 is 0 Å². The number of amidine groups is 1. The van der Waals surface area contributed by atoms with Gasteiger partial charge in [-0.1, -0.05) is 23.5 Å². The van der Waals surface area contributed by atoms with Crippen LogP contribution in [0.15, 0.2) is 4.99 Å². The lowest BCUT2D eigenvalue weighted by Crippen LogP contribution is -2.29. The van der Waals surface area contributed by atoms with Crippen LogP contribution >= 0.6 is 23.5 Å². The first-order valence-electron chi connectivity index (χ1n) is 4.81. The summed E-state index contributed by atoms with van der Waals surface area (Å²) in [4.78, 5) is 28.6. The number of nitrogens with zero attached hydrogens (tertiary/aromatic N) is 2. The van der Waals surface area contributed by atoms with E-state index in [4.69, 9.17) is 0 Å². The predicted octanol–water partition coefficient (Wildman–Crippen LogP) is 0.970. The van der Waals surface area contributed by atoms with Crippen LogP contribution in [0.1, 0.15) is 13.3 Å². The number of hydrogen-bond donors (Lipinski definition) is 0. The molecule has 1 unspecified atom stereocenters. The molecule has 0 aromatic rings. The zero-order valence-corrected chi connectivity index (χ0v) is 10.1. The van der Waals surface area contributed by atoms with Crippen molar-refractivity contribution < 1.29 is 9.59 Å². The molecule has 0 aromatic heterocycles. The smallest absolute Gasteiger partial charge is 0.229 e. The van der Waals surface area contributed by atoms with Gasteiger partial charge in [-0.05, 0) is 0 Å². The summed E-state index contributed by atoms with van der Waals surface area (Å²) in [6, 6.07) is 0. The lowest BCUT2D eigenvalue weighted by molar-refractivity contribution is -0.124. The Morgan fingerprint density at radius 2 is 2.47 bits per heavy atom. The van der Waals surface area contributed by atoms with Crippen molar-refractivity contribution in [3.05, 3.63) is 0 Å². The third-order valence-electron chi connectivity index (χ3n) is 2.22. The van der Waals surface area contributed by atoms with E-state index in [2.05, 4.69) is 4.99 Å². The highest BCUT2D eigenvalue weighted by atomic mass is 32.2. The van der Waals surface area contributed by atoms with Crippen LogP contribution in [0.25, 0.3) is 0 Å². The van der Waals surface area contributed by atoms with Gasteiger partial charge in [0.1, 0.15) is 0 Å². The largest absolute Gasteiger partial charge is 0.290 e. The van der Waals surface area contributed by atoms with Crippen LogP contribution in [0.2, 0.25) is 0 Å². The number of rotatable bonds is 1. The third kappa shape index (κ3) is 2.55. The number of carbonyl (C=O) groups excluding carboxylic acids is 2. The molecule has 2 aliphatic heterocycles. The van der Waals surface area contributed by atoms with E-state index in [9.17, 15) is 9.59 Å². The number of hydrogen-bond acceptors (Lipinski definition) is 5. The van der Waals surface area contributed by atoms with Crippen LogP contribution in [0.3, 0.4) is 0 Å². The molecule has 1 amide bonds. The van der Waals surface area contributed by atoms with Crippen LogP contribution in [0, 0.1) is 0 Å². The van der Waals surface area contributed by atoms with Crippen molar-refractivity contribution in [2.45, 2.75) is 18.6 Å². The summed E-state index contributed by atoms with van der Waals surface area (Å²) in [6.45, 7) is 2.98. The summed E-state index contributed by atoms with van der Waals surface area (Å²) in [5.74, 6) is 1.06. The molecule has 0 N–H and O–H groups in total. The van der Waals surface area contributed by atoms with Gasteiger partial charge >= 0.3 is 0 Å². The van der Waals surface area contributed by atoms with Gasteiger partial charge in [-0.2, -0.15) is 0 Å². The first-order valence-corrected chi connectivity index (χ1v) is 6.68. The van der Waals surface area contributed by atoms with Gasteiger partial charge in [-0.25, -0.2) is 0 Å². The van der Waals surface area contributed by atoms with Gasteiger partial charge in [-0.15, -0.1) is 0 Å². The number of amides is 1. The Balaban J connectivity index is 1.98. The van der Waals surface area contributed by atoms with Gasteiger partial charge in [0, 0.05) is 30.9 Å². The molecule has 0 radical (unpaired) electrons. The molecule has 0 bridgehead atoms. The fourth-order valence-corrected chi connectivity index (χ4v) is 3.46. The van der Waals surface area contributed by atoms with Crippen molar-refractivity contribution in [1.82, 2.24) is 4.90 Å². The second-order valence-corrected chi connectivity index (χ2v) is 5.99. The van der Waals surface area contributed by atoms with Crippen LogP contribution in [-0.2, 0) is 9.59 Å². The van der Waals surface area contributed by atoms with E-state index in [0.717, 1.165) is 17.5 Å². The Kier molecular flexibility index (Phi) is 3.35. The van der Waals surface area contributed by atoms with E-state index in [1.54, 1.807) is 23.6 Å². The minimum Gasteiger partial charge on any atom is -0.290 e. The van der Waals surface area contributed by atoms with Gasteiger partial charge in [0.2, 0.25) is 5.91 Å². The average molecular weight is 244 g/mol. The number of thioether (sulfide) groups is 2. The Morgan fingerprint density at radius 3 is 3.07 bits per heavy atom. The first-order chi connectivity index (χ1) is 7.16. The minimum absolute atomic E-state index is 0.0793. The minimum atomic E-state index is 0.0793. The second kappa shape index (κ2) is 4.57. The van der Waals surface area contributed by atoms with E-state index in [1.165, 1.54) is 11.8 Å². The van der Waals surface area contributed by atoms with Gasteiger partial charge in [0.25, 0.3) is 0 Å². The average Bonchev–Trinajstić information content (AvgIpc) is 2.72. The van der Waals surface area contributed by atoms with Gasteiger partial charge in [0.05, 0.1) is 6.54 Å². The topological polar surface area (TPSA) is 49.7 Å². The molecule has 0 aromatic carbocycles. The summed E-state index contributed by atoms with van der Waals surface area (Å²) in [7, 11) is 0. The molecule has 6 heteroatoms. The fourth-order valence-electron chi connectivity index (χ4n) is 1.66. The van der Waals surface area contributed by atoms with Crippen molar-refractivity contribution in [2.24, 2.45) is 4.99 Å². The zero-order chi connectivity index (χ0) is 10.8. The van der Waals surface area contributed by atoms with E-state index in [-0.39, 0.29) is 16.3 Å². The van der Waals surface area contributed by atoms with Crippen LogP contribution in [0.4, 0.5) is 0 Å². The Morgan fingerprint density at radius 1 is 1.67 bits per heavy atom. The molecule has 1 saturated heterocycles. The number of aliphatic imine (C=N–C) groups is 1. The quantitative estimate of drug-likeness (QED) is 0.689. The van der Waals surface area contributed by atoms with E-state index >= 15 is 0 Å². The van der Waals surface area contributed by atoms with E-state index < -0.39 is 0 Å². The maximum absolute atomic E-state index is 11.7. The molecular weight excluding hydrogens is 232 g/mol. The highest BCUT2D eigenvalue weighted by Crippen LogP contribution is 2.27. The predicted molar refractivity (Wildman–Crippen MR) is 63.2 cm³/mol. The molecule has 1 atom stereocenters. The van der Waals surface area contributed by atoms with Gasteiger partial charge in [0.15, 0.2) is 10.3 Å². The molecular formula is C9H12N2O2S2.